The van der Waals surface area contributed by atoms with E-state index in [0.29, 0.717) is 19.4 Å². The molecule has 0 radical (unpaired) electrons. The molecular formula is C12H11BrF2N2O2. The molecule has 0 saturated carbocycles. The van der Waals surface area contributed by atoms with Gasteiger partial charge in [-0.05, 0) is 18.6 Å². The third kappa shape index (κ3) is 3.28. The lowest BCUT2D eigenvalue weighted by atomic mass is 10.3. The summed E-state index contributed by atoms with van der Waals surface area (Å²) in [5, 5.41) is 2.15. The Morgan fingerprint density at radius 2 is 2.00 bits per heavy atom. The van der Waals surface area contributed by atoms with Crippen LogP contribution in [0.4, 0.5) is 14.5 Å². The van der Waals surface area contributed by atoms with Crippen LogP contribution in [0, 0.1) is 11.6 Å². The van der Waals surface area contributed by atoms with Crippen molar-refractivity contribution in [1.29, 1.82) is 0 Å². The SMILES string of the molecule is O=C(CN1CCCC1=O)Nc1c(F)cc(Br)cc1F. The van der Waals surface area contributed by atoms with Crippen LogP contribution in [0.5, 0.6) is 0 Å². The molecule has 2 rings (SSSR count). The third-order valence-electron chi connectivity index (χ3n) is 2.78. The van der Waals surface area contributed by atoms with Crippen LogP contribution in [0.1, 0.15) is 12.8 Å². The summed E-state index contributed by atoms with van der Waals surface area (Å²) in [6.07, 6.45) is 1.11. The van der Waals surface area contributed by atoms with Gasteiger partial charge >= 0.3 is 0 Å². The molecule has 1 heterocycles. The van der Waals surface area contributed by atoms with E-state index < -0.39 is 23.2 Å². The zero-order valence-electron chi connectivity index (χ0n) is 9.88. The number of nitrogens with one attached hydrogen (secondary N) is 1. The Bertz CT molecular complexity index is 513. The summed E-state index contributed by atoms with van der Waals surface area (Å²) in [5.74, 6) is -2.47. The second-order valence-corrected chi connectivity index (χ2v) is 5.13. The molecule has 1 aromatic carbocycles. The van der Waals surface area contributed by atoms with Gasteiger partial charge in [0.1, 0.15) is 5.69 Å². The molecule has 0 unspecified atom stereocenters. The minimum Gasteiger partial charge on any atom is -0.333 e. The third-order valence-corrected chi connectivity index (χ3v) is 3.23. The van der Waals surface area contributed by atoms with Crippen molar-refractivity contribution >= 4 is 33.4 Å². The topological polar surface area (TPSA) is 49.4 Å². The number of likely N-dealkylation sites (tertiary alicyclic amines) is 1. The highest BCUT2D eigenvalue weighted by Crippen LogP contribution is 2.23. The van der Waals surface area contributed by atoms with E-state index in [1.165, 1.54) is 4.90 Å². The fourth-order valence-corrected chi connectivity index (χ4v) is 2.29. The molecule has 0 atom stereocenters. The zero-order valence-corrected chi connectivity index (χ0v) is 11.5. The Labute approximate surface area is 116 Å². The summed E-state index contributed by atoms with van der Waals surface area (Å²) >= 11 is 2.95. The van der Waals surface area contributed by atoms with E-state index in [0.717, 1.165) is 12.1 Å². The van der Waals surface area contributed by atoms with Crippen molar-refractivity contribution in [2.45, 2.75) is 12.8 Å². The van der Waals surface area contributed by atoms with E-state index in [2.05, 4.69) is 21.2 Å². The van der Waals surface area contributed by atoms with Gasteiger partial charge in [-0.2, -0.15) is 0 Å². The highest BCUT2D eigenvalue weighted by Gasteiger charge is 2.23. The average Bonchev–Trinajstić information content (AvgIpc) is 2.69. The minimum absolute atomic E-state index is 0.119. The first kappa shape index (κ1) is 13.9. The molecule has 1 aliphatic heterocycles. The first-order valence-corrected chi connectivity index (χ1v) is 6.49. The predicted molar refractivity (Wildman–Crippen MR) is 68.5 cm³/mol. The van der Waals surface area contributed by atoms with Gasteiger partial charge in [0.05, 0.1) is 6.54 Å². The van der Waals surface area contributed by atoms with Crippen LogP contribution in [-0.4, -0.2) is 29.8 Å². The number of hydrogen-bond acceptors (Lipinski definition) is 2. The second-order valence-electron chi connectivity index (χ2n) is 4.21. The molecule has 0 bridgehead atoms. The molecule has 102 valence electrons. The van der Waals surface area contributed by atoms with Gasteiger partial charge in [-0.3, -0.25) is 9.59 Å². The lowest BCUT2D eigenvalue weighted by molar-refractivity contribution is -0.131. The van der Waals surface area contributed by atoms with E-state index in [4.69, 9.17) is 0 Å². The molecule has 0 aliphatic carbocycles. The maximum absolute atomic E-state index is 13.5. The van der Waals surface area contributed by atoms with Crippen LogP contribution in [0.25, 0.3) is 0 Å². The number of hydrogen-bond donors (Lipinski definition) is 1. The summed E-state index contributed by atoms with van der Waals surface area (Å²) in [6, 6.07) is 2.11. The van der Waals surface area contributed by atoms with E-state index in [9.17, 15) is 18.4 Å². The average molecular weight is 333 g/mol. The first-order valence-electron chi connectivity index (χ1n) is 5.69. The van der Waals surface area contributed by atoms with Crippen LogP contribution in [0.15, 0.2) is 16.6 Å². The number of rotatable bonds is 3. The van der Waals surface area contributed by atoms with E-state index >= 15 is 0 Å². The van der Waals surface area contributed by atoms with Crippen molar-refractivity contribution in [3.05, 3.63) is 28.2 Å². The molecule has 1 saturated heterocycles. The minimum atomic E-state index is -0.868. The van der Waals surface area contributed by atoms with Gasteiger partial charge in [0.15, 0.2) is 11.6 Å². The molecule has 0 spiro atoms. The fraction of sp³-hybridized carbons (Fsp3) is 0.333. The van der Waals surface area contributed by atoms with Gasteiger partial charge in [-0.1, -0.05) is 15.9 Å². The van der Waals surface area contributed by atoms with Crippen LogP contribution in [0.3, 0.4) is 0 Å². The molecule has 1 aliphatic rings. The molecule has 0 aromatic heterocycles. The summed E-state index contributed by atoms with van der Waals surface area (Å²) in [6.45, 7) is 0.311. The summed E-state index contributed by atoms with van der Waals surface area (Å²) < 4.78 is 27.2. The summed E-state index contributed by atoms with van der Waals surface area (Å²) in [7, 11) is 0. The Morgan fingerprint density at radius 3 is 2.53 bits per heavy atom. The maximum atomic E-state index is 13.5. The zero-order chi connectivity index (χ0) is 14.0. The van der Waals surface area contributed by atoms with Gasteiger partial charge in [0.2, 0.25) is 11.8 Å². The predicted octanol–water partition coefficient (Wildman–Crippen LogP) is 2.29. The second kappa shape index (κ2) is 5.64. The number of halogens is 3. The fourth-order valence-electron chi connectivity index (χ4n) is 1.89. The number of amides is 2. The molecule has 19 heavy (non-hydrogen) atoms. The molecule has 1 aromatic rings. The van der Waals surface area contributed by atoms with Crippen molar-refractivity contribution in [2.75, 3.05) is 18.4 Å². The largest absolute Gasteiger partial charge is 0.333 e. The Morgan fingerprint density at radius 1 is 1.37 bits per heavy atom. The van der Waals surface area contributed by atoms with E-state index in [1.807, 2.05) is 0 Å². The molecule has 7 heteroatoms. The van der Waals surface area contributed by atoms with Crippen LogP contribution in [0.2, 0.25) is 0 Å². The standard InChI is InChI=1S/C12H11BrF2N2O2/c13-7-4-8(14)12(9(15)5-7)16-10(18)6-17-3-1-2-11(17)19/h4-5H,1-3,6H2,(H,16,18). The van der Waals surface area contributed by atoms with Gasteiger partial charge in [-0.25, -0.2) is 8.78 Å². The normalized spacial score (nSPS) is 14.9. The quantitative estimate of drug-likeness (QED) is 0.923. The van der Waals surface area contributed by atoms with Crippen LogP contribution >= 0.6 is 15.9 Å². The molecule has 1 N–H and O–H groups in total. The smallest absolute Gasteiger partial charge is 0.244 e. The van der Waals surface area contributed by atoms with Crippen molar-refractivity contribution in [3.63, 3.8) is 0 Å². The summed E-state index contributed by atoms with van der Waals surface area (Å²) in [4.78, 5) is 24.4. The molecular weight excluding hydrogens is 322 g/mol. The monoisotopic (exact) mass is 332 g/mol. The number of carbonyl (C=O) groups excluding carboxylic acids is 2. The van der Waals surface area contributed by atoms with Crippen molar-refractivity contribution in [1.82, 2.24) is 4.90 Å². The van der Waals surface area contributed by atoms with Crippen molar-refractivity contribution in [3.8, 4) is 0 Å². The maximum Gasteiger partial charge on any atom is 0.244 e. The van der Waals surface area contributed by atoms with E-state index in [-0.39, 0.29) is 16.9 Å². The number of nitrogens with zero attached hydrogens (tertiary/aromatic N) is 1. The van der Waals surface area contributed by atoms with Gasteiger partial charge < -0.3 is 10.2 Å². The highest BCUT2D eigenvalue weighted by molar-refractivity contribution is 9.10. The van der Waals surface area contributed by atoms with Gasteiger partial charge in [0, 0.05) is 17.4 Å². The van der Waals surface area contributed by atoms with Crippen LogP contribution in [-0.2, 0) is 9.59 Å². The number of carbonyl (C=O) groups is 2. The Hall–Kier alpha value is -1.50. The Balaban J connectivity index is 2.05. The summed E-state index contributed by atoms with van der Waals surface area (Å²) in [5.41, 5.74) is -0.500. The number of benzene rings is 1. The molecule has 1 fully saturated rings. The van der Waals surface area contributed by atoms with Gasteiger partial charge in [-0.15, -0.1) is 0 Å². The highest BCUT2D eigenvalue weighted by atomic mass is 79.9. The number of anilines is 1. The van der Waals surface area contributed by atoms with Gasteiger partial charge in [0.25, 0.3) is 0 Å². The van der Waals surface area contributed by atoms with E-state index in [1.54, 1.807) is 0 Å². The molecule has 4 nitrogen and oxygen atoms in total. The van der Waals surface area contributed by atoms with Crippen molar-refractivity contribution in [2.24, 2.45) is 0 Å². The van der Waals surface area contributed by atoms with Crippen molar-refractivity contribution < 1.29 is 18.4 Å². The Kier molecular flexibility index (Phi) is 4.14. The first-order chi connectivity index (χ1) is 8.97. The van der Waals surface area contributed by atoms with Crippen LogP contribution < -0.4 is 5.32 Å². The lowest BCUT2D eigenvalue weighted by Gasteiger charge is -2.15. The lowest BCUT2D eigenvalue weighted by Crippen LogP contribution is -2.34. The molecule has 2 amide bonds.